The first-order valence-corrected chi connectivity index (χ1v) is 15.8. The first-order chi connectivity index (χ1) is 22.5. The molecule has 4 aromatic carbocycles. The zero-order valence-electron chi connectivity index (χ0n) is 28.1. The summed E-state index contributed by atoms with van der Waals surface area (Å²) in [5, 5.41) is 11.6. The summed E-state index contributed by atoms with van der Waals surface area (Å²) >= 11 is 0. The van der Waals surface area contributed by atoms with Crippen LogP contribution in [0.5, 0.6) is 0 Å². The standard InChI is InChI=1S/C24H13N2O.C19H24N.Ir/c25-15-17-12-13-19-18-9-6-10-20(21-11-4-5-14-26-21)23(18)27-24(19)22(17)16-7-2-1-3-8-16;1-18(2,3)15-9-7-14(8-10-15)17-12-11-16(13-20-17)19(4,5)6;/h1-9,11-14H;7,9-13H,1-6H3;/q2*-1;. The summed E-state index contributed by atoms with van der Waals surface area (Å²) in [5.41, 5.74) is 10.4. The second-order valence-corrected chi connectivity index (χ2v) is 13.7. The Bertz CT molecular complexity index is 2130. The number of benzene rings is 4. The number of pyridine rings is 2. The van der Waals surface area contributed by atoms with Crippen LogP contribution >= 0.6 is 0 Å². The fourth-order valence-electron chi connectivity index (χ4n) is 5.54. The summed E-state index contributed by atoms with van der Waals surface area (Å²) in [6.45, 7) is 13.3. The zero-order chi connectivity index (χ0) is 33.2. The van der Waals surface area contributed by atoms with E-state index in [9.17, 15) is 5.26 Å². The Morgan fingerprint density at radius 3 is 1.98 bits per heavy atom. The molecule has 7 aromatic rings. The molecule has 0 aliphatic carbocycles. The Morgan fingerprint density at radius 2 is 1.38 bits per heavy atom. The minimum Gasteiger partial charge on any atom is -0.500 e. The number of aromatic nitrogens is 2. The molecular formula is C43H37IrN3O-2. The average molecular weight is 804 g/mol. The van der Waals surface area contributed by atoms with Gasteiger partial charge in [-0.25, -0.2) is 0 Å². The van der Waals surface area contributed by atoms with Crippen LogP contribution in [0.15, 0.2) is 120 Å². The van der Waals surface area contributed by atoms with E-state index in [-0.39, 0.29) is 30.9 Å². The maximum atomic E-state index is 9.64. The molecule has 241 valence electrons. The van der Waals surface area contributed by atoms with Crippen molar-refractivity contribution in [1.82, 2.24) is 9.97 Å². The van der Waals surface area contributed by atoms with Crippen molar-refractivity contribution in [3.63, 3.8) is 0 Å². The van der Waals surface area contributed by atoms with Gasteiger partial charge in [-0.2, -0.15) is 5.26 Å². The third-order valence-corrected chi connectivity index (χ3v) is 8.29. The van der Waals surface area contributed by atoms with Crippen LogP contribution in [-0.4, -0.2) is 9.97 Å². The largest absolute Gasteiger partial charge is 0.500 e. The molecule has 4 nitrogen and oxygen atoms in total. The van der Waals surface area contributed by atoms with Gasteiger partial charge in [0.25, 0.3) is 0 Å². The molecule has 0 spiro atoms. The molecule has 48 heavy (non-hydrogen) atoms. The van der Waals surface area contributed by atoms with Crippen molar-refractivity contribution in [1.29, 1.82) is 5.26 Å². The number of nitrogens with zero attached hydrogens (tertiary/aromatic N) is 3. The van der Waals surface area contributed by atoms with E-state index in [1.165, 1.54) is 11.1 Å². The Balaban J connectivity index is 0.000000193. The third kappa shape index (κ3) is 7.16. The van der Waals surface area contributed by atoms with Gasteiger partial charge in [0.1, 0.15) is 5.58 Å². The number of hydrogen-bond donors (Lipinski definition) is 0. The van der Waals surface area contributed by atoms with E-state index in [1.54, 1.807) is 6.20 Å². The normalized spacial score (nSPS) is 11.4. The van der Waals surface area contributed by atoms with Crippen molar-refractivity contribution in [3.05, 3.63) is 144 Å². The molecule has 3 aromatic heterocycles. The number of fused-ring (bicyclic) bond motifs is 3. The van der Waals surface area contributed by atoms with Crippen LogP contribution in [0.2, 0.25) is 0 Å². The second kappa shape index (κ2) is 14.1. The molecule has 1 radical (unpaired) electrons. The molecule has 0 N–H and O–H groups in total. The van der Waals surface area contributed by atoms with Gasteiger partial charge in [-0.15, -0.1) is 53.6 Å². The van der Waals surface area contributed by atoms with Crippen LogP contribution in [0.4, 0.5) is 0 Å². The van der Waals surface area contributed by atoms with Gasteiger partial charge < -0.3 is 14.4 Å². The van der Waals surface area contributed by atoms with Gasteiger partial charge in [-0.1, -0.05) is 113 Å². The van der Waals surface area contributed by atoms with Crippen LogP contribution in [0.3, 0.4) is 0 Å². The number of furan rings is 1. The third-order valence-electron chi connectivity index (χ3n) is 8.29. The van der Waals surface area contributed by atoms with Gasteiger partial charge in [0.2, 0.25) is 0 Å². The molecule has 0 saturated heterocycles. The summed E-state index contributed by atoms with van der Waals surface area (Å²) in [4.78, 5) is 9.02. The van der Waals surface area contributed by atoms with E-state index >= 15 is 0 Å². The van der Waals surface area contributed by atoms with E-state index in [0.29, 0.717) is 11.1 Å². The quantitative estimate of drug-likeness (QED) is 0.167. The van der Waals surface area contributed by atoms with Gasteiger partial charge in [0.15, 0.2) is 0 Å². The van der Waals surface area contributed by atoms with Gasteiger partial charge in [0, 0.05) is 43.4 Å². The molecule has 0 amide bonds. The molecule has 0 saturated carbocycles. The van der Waals surface area contributed by atoms with E-state index in [0.717, 1.165) is 50.0 Å². The maximum Gasteiger partial charge on any atom is 0.130 e. The fraction of sp³-hybridized carbons (Fsp3) is 0.186. The average Bonchev–Trinajstić information content (AvgIpc) is 3.47. The Hall–Kier alpha value is -4.88. The summed E-state index contributed by atoms with van der Waals surface area (Å²) in [6, 6.07) is 42.9. The van der Waals surface area contributed by atoms with Crippen LogP contribution < -0.4 is 0 Å². The van der Waals surface area contributed by atoms with Gasteiger partial charge in [-0.3, -0.25) is 0 Å². The number of hydrogen-bond acceptors (Lipinski definition) is 4. The van der Waals surface area contributed by atoms with E-state index in [1.807, 2.05) is 79.0 Å². The molecule has 0 bridgehead atoms. The molecule has 3 heterocycles. The van der Waals surface area contributed by atoms with Crippen molar-refractivity contribution in [3.8, 4) is 39.7 Å². The van der Waals surface area contributed by atoms with Crippen molar-refractivity contribution < 1.29 is 24.5 Å². The first kappa shape index (κ1) is 34.5. The topological polar surface area (TPSA) is 62.7 Å². The molecule has 7 rings (SSSR count). The van der Waals surface area contributed by atoms with Crippen LogP contribution in [0.25, 0.3) is 55.6 Å². The minimum absolute atomic E-state index is 0. The Morgan fingerprint density at radius 1 is 0.667 bits per heavy atom. The smallest absolute Gasteiger partial charge is 0.130 e. The summed E-state index contributed by atoms with van der Waals surface area (Å²) in [6.07, 6.45) is 3.73. The molecule has 0 aliphatic heterocycles. The predicted molar refractivity (Wildman–Crippen MR) is 192 cm³/mol. The Kier molecular flexibility index (Phi) is 10.1. The van der Waals surface area contributed by atoms with Crippen molar-refractivity contribution in [2.75, 3.05) is 0 Å². The predicted octanol–water partition coefficient (Wildman–Crippen LogP) is 11.1. The van der Waals surface area contributed by atoms with Crippen molar-refractivity contribution in [2.24, 2.45) is 0 Å². The van der Waals surface area contributed by atoms with Crippen LogP contribution in [-0.2, 0) is 30.9 Å². The molecule has 0 atom stereocenters. The number of nitriles is 1. The summed E-state index contributed by atoms with van der Waals surface area (Å²) in [5.74, 6) is 0. The fourth-order valence-corrected chi connectivity index (χ4v) is 5.54. The van der Waals surface area contributed by atoms with Gasteiger partial charge in [-0.05, 0) is 45.5 Å². The van der Waals surface area contributed by atoms with E-state index < -0.39 is 0 Å². The first-order valence-electron chi connectivity index (χ1n) is 15.8. The maximum absolute atomic E-state index is 9.64. The van der Waals surface area contributed by atoms with Crippen LogP contribution in [0.1, 0.15) is 58.2 Å². The van der Waals surface area contributed by atoms with Crippen molar-refractivity contribution >= 4 is 21.9 Å². The monoisotopic (exact) mass is 804 g/mol. The molecule has 0 aliphatic rings. The molecule has 0 fully saturated rings. The molecular weight excluding hydrogens is 767 g/mol. The second-order valence-electron chi connectivity index (χ2n) is 13.7. The van der Waals surface area contributed by atoms with E-state index in [4.69, 9.17) is 4.42 Å². The van der Waals surface area contributed by atoms with Crippen molar-refractivity contribution in [2.45, 2.75) is 52.4 Å². The number of rotatable bonds is 3. The summed E-state index contributed by atoms with van der Waals surface area (Å²) < 4.78 is 6.34. The SMILES string of the molecule is CC(C)(C)c1c[c-]c(-c2ccc(C(C)(C)C)cn2)cc1.N#Cc1ccc2c(oc3c(-c4ccccn4)[c-]ccc32)c1-c1ccccc1.[Ir]. The van der Waals surface area contributed by atoms with Gasteiger partial charge >= 0.3 is 0 Å². The summed E-state index contributed by atoms with van der Waals surface area (Å²) in [7, 11) is 0. The minimum atomic E-state index is 0. The van der Waals surface area contributed by atoms with Gasteiger partial charge in [0.05, 0.1) is 17.2 Å². The van der Waals surface area contributed by atoms with E-state index in [2.05, 4.69) is 100 Å². The zero-order valence-corrected chi connectivity index (χ0v) is 30.4. The van der Waals surface area contributed by atoms with Crippen LogP contribution in [0, 0.1) is 23.5 Å². The molecule has 5 heteroatoms. The Labute approximate surface area is 296 Å². The molecule has 0 unspecified atom stereocenters.